The number of hydrogen-bond donors (Lipinski definition) is 0. The molecule has 0 aliphatic carbocycles. The van der Waals surface area contributed by atoms with Crippen molar-refractivity contribution in [3.8, 4) is 5.75 Å². The predicted octanol–water partition coefficient (Wildman–Crippen LogP) is 25.9. The maximum atomic E-state index is 14.0. The summed E-state index contributed by atoms with van der Waals surface area (Å²) in [6.45, 7) is 7.14. The van der Waals surface area contributed by atoms with Gasteiger partial charge < -0.3 is 37.3 Å². The van der Waals surface area contributed by atoms with E-state index in [-0.39, 0.29) is 72.5 Å². The smallest absolute Gasteiger partial charge is 0.480 e. The third-order valence-electron chi connectivity index (χ3n) is 22.8. The van der Waals surface area contributed by atoms with Gasteiger partial charge in [0.1, 0.15) is 5.75 Å². The number of rotatable bonds is 36. The van der Waals surface area contributed by atoms with Crippen LogP contribution in [0.3, 0.4) is 0 Å². The molecule has 0 unspecified atom stereocenters. The van der Waals surface area contributed by atoms with Gasteiger partial charge in [-0.1, -0.05) is 256 Å². The molecule has 2 aliphatic rings. The van der Waals surface area contributed by atoms with Gasteiger partial charge in [0, 0.05) is 77.7 Å². The van der Waals surface area contributed by atoms with Crippen molar-refractivity contribution in [3.05, 3.63) is 395 Å². The average molecular weight is 2240 g/mol. The number of ether oxygens (including phenoxy) is 2. The molecule has 0 aromatic heterocycles. The van der Waals surface area contributed by atoms with E-state index >= 15 is 0 Å². The molecule has 19 nitrogen and oxygen atoms in total. The lowest BCUT2D eigenvalue weighted by Gasteiger charge is -2.39. The lowest BCUT2D eigenvalue weighted by atomic mass is 10.1. The van der Waals surface area contributed by atoms with Crippen LogP contribution in [0.1, 0.15) is 82.3 Å². The van der Waals surface area contributed by atoms with E-state index in [9.17, 15) is 81.6 Å². The van der Waals surface area contributed by atoms with E-state index in [1.807, 2.05) is 57.4 Å². The molecular weight excluding hydrogens is 2110 g/mol. The quantitative estimate of drug-likeness (QED) is 0.0202. The molecule has 2 saturated heterocycles. The molecule has 0 spiro atoms. The SMILES string of the molecule is CCCCCCCCS(=O)(=O)[N-]S(=O)(=O)CCCCN(C)C.CN1CCN(S(=O)(=O)C(F)(F)C(F)(F)C(F)(F)S(=O)(=O)[N-]S(=O)(=O)C(F)(F)F)CC1.COC1CCN(C)CC1.COc1ccc(N(C)C)cc1.Cc1ccc([S+](c2ccccc2)c2ccccc2)cc1.Cc1ccc([S+](c2ccccc2)c2ccccc2)cc1.c1ccc([S+](c2ccccc2)c2ccccc2)cc1.c1ccc([S+](c2ccccc2)c2ccccc2)cc1. The monoisotopic (exact) mass is 2240 g/mol. The molecule has 2 heterocycles. The Morgan fingerprint density at radius 1 is 0.327 bits per heavy atom. The summed E-state index contributed by atoms with van der Waals surface area (Å²) in [5.41, 5.74) is -2.87. The third-order valence-corrected chi connectivity index (χ3v) is 40.2. The number of likely N-dealkylation sites (N-methyl/N-ethyl adjacent to an activating group) is 1. The van der Waals surface area contributed by atoms with E-state index in [0.29, 0.717) is 29.5 Å². The maximum Gasteiger partial charge on any atom is 0.480 e. The molecule has 0 bridgehead atoms. The number of methoxy groups -OCH3 is 2. The molecule has 0 atom stereocenters. The number of piperidine rings is 1. The number of unbranched alkanes of at least 4 members (excludes halogenated alkanes) is 6. The number of hydrogen-bond acceptors (Lipinski definition) is 16. The summed E-state index contributed by atoms with van der Waals surface area (Å²) >= 11 is 0. The maximum absolute atomic E-state index is 14.0. The zero-order valence-corrected chi connectivity index (χ0v) is 93.3. The number of alkyl halides is 9. The first-order chi connectivity index (χ1) is 71.3. The standard InChI is InChI=1S/2C19H17S.2C18H15S.C14H31N2O4S2.C9H11F9N3O6S3.C9H13NO.C7H15NO/c2*1-16-12-14-19(15-13-16)20(17-8-4-2-5-9-17)18-10-6-3-7-11-18;2*1-4-10-16(11-5-1)19(17-12-6-2-7-13-17)18-14-8-3-9-15-18;1-4-5-6-7-8-10-13-21(17,18)15-22(19,20)14-11-9-12-16(2)3;1-20-2-4-21(5-3-20)30(26,27)8(14,15)6(10,11)7(12,13)28(22,23)19-29(24,25)9(16,17)18;1-10(2)8-4-6-9(11-3)7-5-8;1-8-5-3-7(9-2)4-6-8/h2*2-15H,1H3;2*1-15H;4-14H2,1-3H3;2-5H2,1H3;4-7H,1-3H3;7H,3-6H2,1-2H3/q4*+1;2*-1;;. The van der Waals surface area contributed by atoms with Crippen LogP contribution < -0.4 is 9.64 Å². The Hall–Kier alpha value is -10.3. The van der Waals surface area contributed by atoms with Crippen molar-refractivity contribution in [2.45, 2.75) is 172 Å². The highest BCUT2D eigenvalue weighted by Gasteiger charge is 2.81. The van der Waals surface area contributed by atoms with Crippen molar-refractivity contribution in [3.63, 3.8) is 0 Å². The largest absolute Gasteiger partial charge is 0.497 e. The van der Waals surface area contributed by atoms with Crippen molar-refractivity contribution < 1.29 is 91.1 Å². The van der Waals surface area contributed by atoms with Crippen LogP contribution >= 0.6 is 0 Å². The molecule has 37 heteroatoms. The van der Waals surface area contributed by atoms with Gasteiger partial charge >= 0.3 is 21.9 Å². The molecule has 0 radical (unpaired) electrons. The zero-order chi connectivity index (χ0) is 110. The van der Waals surface area contributed by atoms with Crippen LogP contribution in [0, 0.1) is 13.8 Å². The molecule has 0 saturated carbocycles. The van der Waals surface area contributed by atoms with E-state index in [4.69, 9.17) is 9.47 Å². The summed E-state index contributed by atoms with van der Waals surface area (Å²) in [5, 5.41) is -14.3. The number of sulfonamides is 5. The number of piperazine rings is 1. The average Bonchev–Trinajstić information content (AvgIpc) is 0.708. The minimum atomic E-state index is -7.88. The lowest BCUT2D eigenvalue weighted by molar-refractivity contribution is -0.244. The van der Waals surface area contributed by atoms with Gasteiger partial charge in [0.05, 0.1) is 76.8 Å². The van der Waals surface area contributed by atoms with Crippen molar-refractivity contribution in [2.75, 3.05) is 119 Å². The highest BCUT2D eigenvalue weighted by molar-refractivity contribution is 8.13. The van der Waals surface area contributed by atoms with Crippen LogP contribution in [0.5, 0.6) is 5.75 Å². The van der Waals surface area contributed by atoms with Crippen LogP contribution in [0.4, 0.5) is 45.2 Å². The molecule has 13 aromatic rings. The molecular formula is C113H134F9N7O12S9+2. The van der Waals surface area contributed by atoms with Gasteiger partial charge in [0.2, 0.25) is 0 Å². The van der Waals surface area contributed by atoms with E-state index in [1.54, 1.807) is 14.2 Å². The molecule has 150 heavy (non-hydrogen) atoms. The normalized spacial score (nSPS) is 13.6. The molecule has 2 aliphatic heterocycles. The third kappa shape index (κ3) is 39.4. The van der Waals surface area contributed by atoms with Gasteiger partial charge in [-0.05, 0) is 251 Å². The molecule has 13 aromatic carbocycles. The first-order valence-electron chi connectivity index (χ1n) is 48.4. The number of likely N-dealkylation sites (tertiary alicyclic amines) is 1. The van der Waals surface area contributed by atoms with Crippen molar-refractivity contribution in [2.24, 2.45) is 0 Å². The number of nitrogens with zero attached hydrogens (tertiary/aromatic N) is 7. The van der Waals surface area contributed by atoms with Crippen molar-refractivity contribution in [1.82, 2.24) is 19.0 Å². The lowest BCUT2D eigenvalue weighted by Crippen LogP contribution is -2.64. The van der Waals surface area contributed by atoms with E-state index in [2.05, 4.69) is 394 Å². The Balaban J connectivity index is 0.000000212. The van der Waals surface area contributed by atoms with Gasteiger partial charge in [-0.3, -0.25) is 0 Å². The summed E-state index contributed by atoms with van der Waals surface area (Å²) in [6.07, 6.45) is 9.72. The van der Waals surface area contributed by atoms with E-state index in [1.165, 1.54) is 113 Å². The number of aryl methyl sites for hydroxylation is 2. The van der Waals surface area contributed by atoms with Crippen LogP contribution in [0.25, 0.3) is 8.25 Å². The summed E-state index contributed by atoms with van der Waals surface area (Å²) in [4.78, 5) is 24.0. The van der Waals surface area contributed by atoms with Gasteiger partial charge in [0.15, 0.2) is 78.8 Å². The van der Waals surface area contributed by atoms with Gasteiger partial charge in [0.25, 0.3) is 10.0 Å². The second kappa shape index (κ2) is 61.6. The first kappa shape index (κ1) is 125. The number of halogens is 9. The fourth-order valence-electron chi connectivity index (χ4n) is 14.6. The Bertz CT molecular complexity index is 6140. The fourth-order valence-corrected chi connectivity index (χ4v) is 29.8. The van der Waals surface area contributed by atoms with Crippen LogP contribution in [-0.4, -0.2) is 203 Å². The van der Waals surface area contributed by atoms with Gasteiger partial charge in [-0.15, -0.1) is 0 Å². The van der Waals surface area contributed by atoms with Crippen molar-refractivity contribution in [1.29, 1.82) is 0 Å². The minimum Gasteiger partial charge on any atom is -0.497 e. The topological polar surface area (TPSA) is 234 Å². The molecule has 2 fully saturated rings. The van der Waals surface area contributed by atoms with Crippen molar-refractivity contribution >= 4 is 99.4 Å². The Labute approximate surface area is 894 Å². The number of benzene rings is 13. The molecule has 15 rings (SSSR count). The Morgan fingerprint density at radius 2 is 0.593 bits per heavy atom. The van der Waals surface area contributed by atoms with Gasteiger partial charge in [-0.2, -0.15) is 43.8 Å². The fraction of sp³-hybridized carbons (Fsp3) is 0.310. The highest BCUT2D eigenvalue weighted by Crippen LogP contribution is 2.54. The van der Waals surface area contributed by atoms with Gasteiger partial charge in [-0.25, -0.2) is 42.1 Å². The molecule has 0 N–H and O–H groups in total. The Morgan fingerprint density at radius 3 is 0.853 bits per heavy atom. The van der Waals surface area contributed by atoms with Crippen LogP contribution in [0.15, 0.2) is 435 Å². The minimum absolute atomic E-state index is 0.0146. The number of anilines is 1. The summed E-state index contributed by atoms with van der Waals surface area (Å²) < 4.78 is 247. The van der Waals surface area contributed by atoms with E-state index < -0.39 is 85.1 Å². The second-order valence-corrected chi connectivity index (χ2v) is 52.3. The Kier molecular flexibility index (Phi) is 51.2. The van der Waals surface area contributed by atoms with Crippen LogP contribution in [0.2, 0.25) is 0 Å². The second-order valence-electron chi connectivity index (χ2n) is 35.0. The highest BCUT2D eigenvalue weighted by atomic mass is 32.3. The molecule has 808 valence electrons. The predicted molar refractivity (Wildman–Crippen MR) is 592 cm³/mol. The van der Waals surface area contributed by atoms with E-state index in [0.717, 1.165) is 44.4 Å². The van der Waals surface area contributed by atoms with Crippen LogP contribution in [-0.2, 0) is 98.4 Å². The molecule has 0 amide bonds. The first-order valence-corrected chi connectivity index (χ1v) is 60.8. The summed E-state index contributed by atoms with van der Waals surface area (Å²) in [5.74, 6) is -6.89. The summed E-state index contributed by atoms with van der Waals surface area (Å²) in [6, 6.07) is 133. The zero-order valence-electron chi connectivity index (χ0n) is 85.9. The summed E-state index contributed by atoms with van der Waals surface area (Å²) in [7, 11) is -14.9.